The Morgan fingerprint density at radius 3 is 2.43 bits per heavy atom. The summed E-state index contributed by atoms with van der Waals surface area (Å²) in [6.07, 6.45) is 9.41. The first-order chi connectivity index (χ1) is 14.6. The average Bonchev–Trinajstić information content (AvgIpc) is 2.78. The Kier molecular flexibility index (Phi) is 9.25. The molecule has 0 spiro atoms. The van der Waals surface area contributed by atoms with Gasteiger partial charge in [0.1, 0.15) is 0 Å². The largest absolute Gasteiger partial charge is 0.379 e. The van der Waals surface area contributed by atoms with Crippen LogP contribution in [0.5, 0.6) is 0 Å². The second-order valence-corrected chi connectivity index (χ2v) is 9.43. The predicted octanol–water partition coefficient (Wildman–Crippen LogP) is 2.08. The molecular weight excluding hydrogens is 378 g/mol. The number of nitrogens with zero attached hydrogens (tertiary/aromatic N) is 3. The summed E-state index contributed by atoms with van der Waals surface area (Å²) in [4.78, 5) is 21.9. The van der Waals surface area contributed by atoms with E-state index >= 15 is 0 Å². The van der Waals surface area contributed by atoms with Gasteiger partial charge in [-0.25, -0.2) is 0 Å². The zero-order valence-electron chi connectivity index (χ0n) is 19.3. The van der Waals surface area contributed by atoms with Crippen LogP contribution in [-0.2, 0) is 9.53 Å². The van der Waals surface area contributed by atoms with E-state index in [0.717, 1.165) is 77.8 Å². The third-order valence-corrected chi connectivity index (χ3v) is 7.14. The van der Waals surface area contributed by atoms with Gasteiger partial charge >= 0.3 is 0 Å². The van der Waals surface area contributed by atoms with Gasteiger partial charge in [0.15, 0.2) is 5.96 Å². The summed E-state index contributed by atoms with van der Waals surface area (Å²) in [6, 6.07) is 0. The molecule has 3 rings (SSSR count). The van der Waals surface area contributed by atoms with E-state index in [4.69, 9.17) is 9.73 Å². The molecule has 3 fully saturated rings. The summed E-state index contributed by atoms with van der Waals surface area (Å²) in [7, 11) is 1.73. The molecule has 172 valence electrons. The minimum Gasteiger partial charge on any atom is -0.379 e. The fourth-order valence-electron chi connectivity index (χ4n) is 5.28. The molecule has 3 aliphatic rings. The van der Waals surface area contributed by atoms with E-state index in [1.807, 2.05) is 0 Å². The maximum atomic E-state index is 11.7. The van der Waals surface area contributed by atoms with Gasteiger partial charge in [-0.2, -0.15) is 0 Å². The van der Waals surface area contributed by atoms with Gasteiger partial charge in [0.05, 0.1) is 13.2 Å². The molecule has 30 heavy (non-hydrogen) atoms. The average molecular weight is 422 g/mol. The predicted molar refractivity (Wildman–Crippen MR) is 122 cm³/mol. The van der Waals surface area contributed by atoms with Gasteiger partial charge < -0.3 is 20.3 Å². The summed E-state index contributed by atoms with van der Waals surface area (Å²) < 4.78 is 5.56. The van der Waals surface area contributed by atoms with E-state index in [-0.39, 0.29) is 5.91 Å². The lowest BCUT2D eigenvalue weighted by molar-refractivity contribution is -0.121. The number of rotatable bonds is 7. The Balaban J connectivity index is 1.60. The van der Waals surface area contributed by atoms with Gasteiger partial charge in [0.25, 0.3) is 0 Å². The molecule has 0 aromatic heterocycles. The molecule has 0 aromatic carbocycles. The van der Waals surface area contributed by atoms with Crippen LogP contribution in [0.25, 0.3) is 0 Å². The first kappa shape index (κ1) is 23.3. The number of nitrogens with one attached hydrogen (secondary N) is 2. The topological polar surface area (TPSA) is 69.2 Å². The van der Waals surface area contributed by atoms with E-state index in [2.05, 4.69) is 27.4 Å². The zero-order valence-corrected chi connectivity index (χ0v) is 19.3. The highest BCUT2D eigenvalue weighted by Gasteiger charge is 2.35. The van der Waals surface area contributed by atoms with Gasteiger partial charge in [-0.1, -0.05) is 19.3 Å². The van der Waals surface area contributed by atoms with Crippen LogP contribution in [0.1, 0.15) is 58.3 Å². The van der Waals surface area contributed by atoms with Crippen LogP contribution in [0.2, 0.25) is 0 Å². The molecule has 1 aliphatic carbocycles. The van der Waals surface area contributed by atoms with Crippen molar-refractivity contribution in [3.8, 4) is 0 Å². The van der Waals surface area contributed by atoms with Gasteiger partial charge in [0, 0.05) is 64.7 Å². The maximum absolute atomic E-state index is 11.7. The Bertz CT molecular complexity index is 548. The van der Waals surface area contributed by atoms with Crippen LogP contribution < -0.4 is 10.6 Å². The highest BCUT2D eigenvalue weighted by atomic mass is 16.5. The summed E-state index contributed by atoms with van der Waals surface area (Å²) in [5.74, 6) is 1.73. The van der Waals surface area contributed by atoms with E-state index in [9.17, 15) is 4.79 Å². The summed E-state index contributed by atoms with van der Waals surface area (Å²) >= 11 is 0. The van der Waals surface area contributed by atoms with E-state index < -0.39 is 0 Å². The van der Waals surface area contributed by atoms with Crippen molar-refractivity contribution in [1.29, 1.82) is 0 Å². The Morgan fingerprint density at radius 2 is 1.80 bits per heavy atom. The fraction of sp³-hybridized carbons (Fsp3) is 0.913. The monoisotopic (exact) mass is 421 g/mol. The molecule has 0 bridgehead atoms. The van der Waals surface area contributed by atoms with Crippen LogP contribution >= 0.6 is 0 Å². The van der Waals surface area contributed by atoms with Gasteiger partial charge in [-0.05, 0) is 38.5 Å². The Morgan fingerprint density at radius 1 is 1.10 bits per heavy atom. The molecule has 2 heterocycles. The summed E-state index contributed by atoms with van der Waals surface area (Å²) in [5.41, 5.74) is 0.313. The third kappa shape index (κ3) is 6.84. The van der Waals surface area contributed by atoms with E-state index in [0.29, 0.717) is 17.8 Å². The lowest BCUT2D eigenvalue weighted by Gasteiger charge is -2.42. The van der Waals surface area contributed by atoms with Crippen molar-refractivity contribution in [2.45, 2.75) is 58.3 Å². The quantitative estimate of drug-likeness (QED) is 0.487. The molecule has 2 N–H and O–H groups in total. The molecule has 2 saturated heterocycles. The van der Waals surface area contributed by atoms with Crippen LogP contribution in [-0.4, -0.2) is 87.7 Å². The minimum atomic E-state index is 0.163. The minimum absolute atomic E-state index is 0.163. The maximum Gasteiger partial charge on any atom is 0.220 e. The van der Waals surface area contributed by atoms with Crippen LogP contribution in [0.3, 0.4) is 0 Å². The summed E-state index contributed by atoms with van der Waals surface area (Å²) in [5, 5.41) is 6.30. The third-order valence-electron chi connectivity index (χ3n) is 7.14. The standard InChI is InChI=1S/C23H43N5O2/c1-3-25-22(28-11-7-20(8-12-28)17-21(29)24-2)26-18-23(9-5-4-6-10-23)19-27-13-15-30-16-14-27/h20H,3-19H2,1-2H3,(H,24,29)(H,25,26). The van der Waals surface area contributed by atoms with Crippen molar-refractivity contribution >= 4 is 11.9 Å². The fourth-order valence-corrected chi connectivity index (χ4v) is 5.28. The van der Waals surface area contributed by atoms with Gasteiger partial charge in [-0.3, -0.25) is 14.7 Å². The number of amides is 1. The highest BCUT2D eigenvalue weighted by molar-refractivity contribution is 5.80. The number of guanidine groups is 1. The zero-order chi connectivity index (χ0) is 21.2. The van der Waals surface area contributed by atoms with Crippen LogP contribution in [0.4, 0.5) is 0 Å². The first-order valence-electron chi connectivity index (χ1n) is 12.2. The van der Waals surface area contributed by atoms with E-state index in [1.165, 1.54) is 32.1 Å². The van der Waals surface area contributed by atoms with Crippen LogP contribution in [0, 0.1) is 11.3 Å². The molecule has 7 heteroatoms. The normalized spacial score (nSPS) is 23.9. The number of carbonyl (C=O) groups excluding carboxylic acids is 1. The molecule has 0 atom stereocenters. The number of ether oxygens (including phenoxy) is 1. The molecule has 7 nitrogen and oxygen atoms in total. The number of hydrogen-bond donors (Lipinski definition) is 2. The van der Waals surface area contributed by atoms with Crippen LogP contribution in [0.15, 0.2) is 4.99 Å². The number of piperidine rings is 1. The number of morpholine rings is 1. The lowest BCUT2D eigenvalue weighted by Crippen LogP contribution is -2.48. The molecule has 2 aliphatic heterocycles. The second-order valence-electron chi connectivity index (χ2n) is 9.43. The molecular formula is C23H43N5O2. The van der Waals surface area contributed by atoms with Crippen molar-refractivity contribution in [2.24, 2.45) is 16.3 Å². The first-order valence-corrected chi connectivity index (χ1v) is 12.2. The van der Waals surface area contributed by atoms with Crippen molar-refractivity contribution in [2.75, 3.05) is 66.1 Å². The lowest BCUT2D eigenvalue weighted by atomic mass is 9.73. The van der Waals surface area contributed by atoms with Crippen molar-refractivity contribution in [3.05, 3.63) is 0 Å². The molecule has 1 amide bonds. The van der Waals surface area contributed by atoms with Crippen molar-refractivity contribution in [3.63, 3.8) is 0 Å². The smallest absolute Gasteiger partial charge is 0.220 e. The number of hydrogen-bond acceptors (Lipinski definition) is 4. The second kappa shape index (κ2) is 11.9. The SMILES string of the molecule is CCNC(=NCC1(CN2CCOCC2)CCCCC1)N1CCC(CC(=O)NC)CC1. The molecule has 0 aromatic rings. The van der Waals surface area contributed by atoms with Gasteiger partial charge in [-0.15, -0.1) is 0 Å². The van der Waals surface area contributed by atoms with Gasteiger partial charge in [0.2, 0.25) is 5.91 Å². The van der Waals surface area contributed by atoms with E-state index in [1.54, 1.807) is 7.05 Å². The van der Waals surface area contributed by atoms with Crippen molar-refractivity contribution < 1.29 is 9.53 Å². The molecule has 0 radical (unpaired) electrons. The Labute approximate surface area is 183 Å². The Hall–Kier alpha value is -1.34. The highest BCUT2D eigenvalue weighted by Crippen LogP contribution is 2.37. The number of aliphatic imine (C=N–C) groups is 1. The number of likely N-dealkylation sites (tertiary alicyclic amines) is 1. The van der Waals surface area contributed by atoms with Crippen molar-refractivity contribution in [1.82, 2.24) is 20.4 Å². The number of carbonyl (C=O) groups is 1. The summed E-state index contributed by atoms with van der Waals surface area (Å²) in [6.45, 7) is 11.0. The molecule has 1 saturated carbocycles. The molecule has 0 unspecified atom stereocenters.